The summed E-state index contributed by atoms with van der Waals surface area (Å²) < 4.78 is 0. The highest BCUT2D eigenvalue weighted by Gasteiger charge is 2.14. The third-order valence-corrected chi connectivity index (χ3v) is 3.62. The Bertz CT molecular complexity index is 776. The van der Waals surface area contributed by atoms with E-state index in [9.17, 15) is 15.0 Å². The molecule has 2 rings (SSSR count). The van der Waals surface area contributed by atoms with Gasteiger partial charge in [-0.15, -0.1) is 0 Å². The van der Waals surface area contributed by atoms with Gasteiger partial charge in [0, 0.05) is 10.6 Å². The highest BCUT2D eigenvalue weighted by molar-refractivity contribution is 6.36. The fourth-order valence-corrected chi connectivity index (χ4v) is 2.45. The fourth-order valence-electron chi connectivity index (χ4n) is 1.96. The van der Waals surface area contributed by atoms with Gasteiger partial charge < -0.3 is 10.2 Å². The van der Waals surface area contributed by atoms with E-state index in [1.54, 1.807) is 19.1 Å². The number of para-hydroxylation sites is 1. The zero-order valence-electron chi connectivity index (χ0n) is 12.2. The number of phenolic OH excluding ortho intramolecular Hbond substituents is 2. The van der Waals surface area contributed by atoms with Crippen molar-refractivity contribution in [3.63, 3.8) is 0 Å². The first-order valence-electron chi connectivity index (χ1n) is 6.77. The highest BCUT2D eigenvalue weighted by atomic mass is 35.5. The van der Waals surface area contributed by atoms with Gasteiger partial charge in [0.05, 0.1) is 16.3 Å². The largest absolute Gasteiger partial charge is 0.507 e. The van der Waals surface area contributed by atoms with Crippen LogP contribution in [-0.2, 0) is 0 Å². The predicted octanol–water partition coefficient (Wildman–Crippen LogP) is 3.95. The van der Waals surface area contributed by atoms with Crippen molar-refractivity contribution in [3.05, 3.63) is 57.6 Å². The van der Waals surface area contributed by atoms with E-state index in [1.807, 2.05) is 0 Å². The predicted molar refractivity (Wildman–Crippen MR) is 90.5 cm³/mol. The van der Waals surface area contributed by atoms with Gasteiger partial charge in [0.15, 0.2) is 0 Å². The van der Waals surface area contributed by atoms with Gasteiger partial charge in [0.25, 0.3) is 5.91 Å². The summed E-state index contributed by atoms with van der Waals surface area (Å²) in [5.41, 5.74) is 3.18. The van der Waals surface area contributed by atoms with E-state index in [0.29, 0.717) is 22.7 Å². The van der Waals surface area contributed by atoms with E-state index in [1.165, 1.54) is 24.3 Å². The minimum absolute atomic E-state index is 0.0973. The number of carbonyl (C=O) groups excluding carboxylic acids is 1. The van der Waals surface area contributed by atoms with Gasteiger partial charge in [-0.05, 0) is 30.7 Å². The number of nitrogens with zero attached hydrogens (tertiary/aromatic N) is 1. The van der Waals surface area contributed by atoms with E-state index >= 15 is 0 Å². The van der Waals surface area contributed by atoms with Crippen molar-refractivity contribution < 1.29 is 15.0 Å². The molecule has 2 aromatic carbocycles. The van der Waals surface area contributed by atoms with Crippen LogP contribution in [0.5, 0.6) is 11.5 Å². The number of rotatable bonds is 4. The molecule has 1 amide bonds. The zero-order valence-corrected chi connectivity index (χ0v) is 13.7. The SMILES string of the molecule is CCC(=NNC(=O)c1ccccc1O)c1cc(Cl)cc(Cl)c1O. The van der Waals surface area contributed by atoms with Gasteiger partial charge in [0.2, 0.25) is 0 Å². The van der Waals surface area contributed by atoms with E-state index in [0.717, 1.165) is 0 Å². The standard InChI is InChI=1S/C16H14Cl2N2O3/c1-2-13(11-7-9(17)8-12(18)15(11)22)19-20-16(23)10-5-3-4-6-14(10)21/h3-8,21-22H,2H2,1H3,(H,20,23). The minimum atomic E-state index is -0.568. The molecule has 0 saturated carbocycles. The molecule has 0 aliphatic heterocycles. The molecule has 0 radical (unpaired) electrons. The highest BCUT2D eigenvalue weighted by Crippen LogP contribution is 2.32. The third kappa shape index (κ3) is 3.94. The van der Waals surface area contributed by atoms with Crippen LogP contribution in [0.3, 0.4) is 0 Å². The summed E-state index contributed by atoms with van der Waals surface area (Å²) in [6, 6.07) is 9.04. The molecule has 0 saturated heterocycles. The average molecular weight is 353 g/mol. The van der Waals surface area contributed by atoms with Crippen molar-refractivity contribution in [2.75, 3.05) is 0 Å². The number of hydrogen-bond donors (Lipinski definition) is 3. The van der Waals surface area contributed by atoms with E-state index < -0.39 is 5.91 Å². The summed E-state index contributed by atoms with van der Waals surface area (Å²) >= 11 is 11.8. The Labute approximate surface area is 143 Å². The molecule has 0 heterocycles. The van der Waals surface area contributed by atoms with Crippen molar-refractivity contribution in [2.24, 2.45) is 5.10 Å². The summed E-state index contributed by atoms with van der Waals surface area (Å²) in [6.07, 6.45) is 0.422. The van der Waals surface area contributed by atoms with E-state index in [2.05, 4.69) is 10.5 Å². The summed E-state index contributed by atoms with van der Waals surface area (Å²) in [5.74, 6) is -0.873. The van der Waals surface area contributed by atoms with Gasteiger partial charge in [-0.25, -0.2) is 5.43 Å². The van der Waals surface area contributed by atoms with Gasteiger partial charge in [0.1, 0.15) is 11.5 Å². The van der Waals surface area contributed by atoms with Crippen LogP contribution < -0.4 is 5.43 Å². The molecule has 0 aliphatic carbocycles. The second-order valence-electron chi connectivity index (χ2n) is 4.65. The average Bonchev–Trinajstić information content (AvgIpc) is 2.52. The Hall–Kier alpha value is -2.24. The zero-order chi connectivity index (χ0) is 17.0. The van der Waals surface area contributed by atoms with Crippen LogP contribution in [0.25, 0.3) is 0 Å². The molecule has 0 bridgehead atoms. The van der Waals surface area contributed by atoms with Crippen LogP contribution in [0.2, 0.25) is 10.0 Å². The van der Waals surface area contributed by atoms with Crippen molar-refractivity contribution in [3.8, 4) is 11.5 Å². The Morgan fingerprint density at radius 1 is 1.17 bits per heavy atom. The lowest BCUT2D eigenvalue weighted by atomic mass is 10.1. The maximum atomic E-state index is 12.0. The van der Waals surface area contributed by atoms with Gasteiger partial charge in [-0.1, -0.05) is 42.3 Å². The van der Waals surface area contributed by atoms with E-state index in [-0.39, 0.29) is 22.1 Å². The molecule has 5 nitrogen and oxygen atoms in total. The fraction of sp³-hybridized carbons (Fsp3) is 0.125. The quantitative estimate of drug-likeness (QED) is 0.575. The number of aromatic hydroxyl groups is 2. The van der Waals surface area contributed by atoms with Crippen LogP contribution in [0.1, 0.15) is 29.3 Å². The number of hydrazone groups is 1. The van der Waals surface area contributed by atoms with Gasteiger partial charge in [-0.2, -0.15) is 5.10 Å². The van der Waals surface area contributed by atoms with Crippen molar-refractivity contribution in [2.45, 2.75) is 13.3 Å². The molecule has 0 spiro atoms. The second kappa shape index (κ2) is 7.35. The van der Waals surface area contributed by atoms with Crippen molar-refractivity contribution >= 4 is 34.8 Å². The molecule has 0 aromatic heterocycles. The Balaban J connectivity index is 2.30. The lowest BCUT2D eigenvalue weighted by Gasteiger charge is -2.09. The summed E-state index contributed by atoms with van der Waals surface area (Å²) in [6.45, 7) is 1.80. The van der Waals surface area contributed by atoms with Crippen molar-refractivity contribution in [1.29, 1.82) is 0 Å². The van der Waals surface area contributed by atoms with Crippen LogP contribution in [0.15, 0.2) is 41.5 Å². The molecule has 3 N–H and O–H groups in total. The van der Waals surface area contributed by atoms with Crippen LogP contribution in [0, 0.1) is 0 Å². The smallest absolute Gasteiger partial charge is 0.275 e. The number of hydrogen-bond acceptors (Lipinski definition) is 4. The molecule has 0 aliphatic rings. The molecule has 0 atom stereocenters. The van der Waals surface area contributed by atoms with Crippen molar-refractivity contribution in [1.82, 2.24) is 5.43 Å². The number of benzene rings is 2. The maximum absolute atomic E-state index is 12.0. The second-order valence-corrected chi connectivity index (χ2v) is 5.50. The van der Waals surface area contributed by atoms with Gasteiger partial charge >= 0.3 is 0 Å². The molecule has 23 heavy (non-hydrogen) atoms. The Morgan fingerprint density at radius 2 is 1.87 bits per heavy atom. The van der Waals surface area contributed by atoms with Crippen LogP contribution in [-0.4, -0.2) is 21.8 Å². The number of carbonyl (C=O) groups is 1. The summed E-state index contributed by atoms with van der Waals surface area (Å²) in [7, 11) is 0. The first kappa shape index (κ1) is 17.1. The number of halogens is 2. The number of nitrogens with one attached hydrogen (secondary N) is 1. The summed E-state index contributed by atoms with van der Waals surface area (Å²) in [5, 5.41) is 24.1. The Morgan fingerprint density at radius 3 is 2.52 bits per heavy atom. The monoisotopic (exact) mass is 352 g/mol. The third-order valence-electron chi connectivity index (χ3n) is 3.12. The minimum Gasteiger partial charge on any atom is -0.507 e. The van der Waals surface area contributed by atoms with Crippen LogP contribution in [0.4, 0.5) is 0 Å². The molecular formula is C16H14Cl2N2O3. The topological polar surface area (TPSA) is 81.9 Å². The van der Waals surface area contributed by atoms with Crippen LogP contribution >= 0.6 is 23.2 Å². The van der Waals surface area contributed by atoms with E-state index in [4.69, 9.17) is 23.2 Å². The lowest BCUT2D eigenvalue weighted by molar-refractivity contribution is 0.0952. The number of amides is 1. The van der Waals surface area contributed by atoms with Gasteiger partial charge in [-0.3, -0.25) is 4.79 Å². The molecule has 120 valence electrons. The maximum Gasteiger partial charge on any atom is 0.275 e. The molecule has 2 aromatic rings. The first-order chi connectivity index (χ1) is 10.9. The molecule has 7 heteroatoms. The Kier molecular flexibility index (Phi) is 5.47. The normalized spacial score (nSPS) is 11.3. The first-order valence-corrected chi connectivity index (χ1v) is 7.53. The molecular weight excluding hydrogens is 339 g/mol. The molecule has 0 unspecified atom stereocenters. The lowest BCUT2D eigenvalue weighted by Crippen LogP contribution is -2.20. The molecule has 0 fully saturated rings. The number of phenols is 2. The summed E-state index contributed by atoms with van der Waals surface area (Å²) in [4.78, 5) is 12.0.